The predicted octanol–water partition coefficient (Wildman–Crippen LogP) is 2.79. The molecule has 4 nitrogen and oxygen atoms in total. The van der Waals surface area contributed by atoms with Gasteiger partial charge in [0.25, 0.3) is 0 Å². The van der Waals surface area contributed by atoms with E-state index in [0.29, 0.717) is 17.1 Å². The Bertz CT molecular complexity index is 541. The summed E-state index contributed by atoms with van der Waals surface area (Å²) < 4.78 is 15.5. The third kappa shape index (κ3) is 3.03. The van der Waals surface area contributed by atoms with Crippen molar-refractivity contribution in [2.75, 3.05) is 21.3 Å². The highest BCUT2D eigenvalue weighted by Gasteiger charge is 2.13. The number of benzene rings is 2. The number of rotatable bonds is 5. The molecule has 0 aromatic heterocycles. The number of ether oxygens (including phenoxy) is 3. The molecule has 1 N–H and O–H groups in total. The Kier molecular flexibility index (Phi) is 4.48. The summed E-state index contributed by atoms with van der Waals surface area (Å²) in [5.74, 6) is 2.04. The normalized spacial score (nSPS) is 11.8. The van der Waals surface area contributed by atoms with E-state index in [-0.39, 0.29) is 0 Å². The van der Waals surface area contributed by atoms with E-state index in [1.54, 1.807) is 39.5 Å². The summed E-state index contributed by atoms with van der Waals surface area (Å²) in [5, 5.41) is 10.4. The minimum Gasteiger partial charge on any atom is -0.497 e. The van der Waals surface area contributed by atoms with Crippen LogP contribution in [0.5, 0.6) is 17.2 Å². The van der Waals surface area contributed by atoms with Crippen LogP contribution >= 0.6 is 0 Å². The third-order valence-electron chi connectivity index (χ3n) is 3.12. The monoisotopic (exact) mass is 274 g/mol. The fraction of sp³-hybridized carbons (Fsp3) is 0.250. The van der Waals surface area contributed by atoms with Gasteiger partial charge in [-0.1, -0.05) is 12.1 Å². The maximum absolute atomic E-state index is 10.4. The molecule has 4 heteroatoms. The molecule has 1 atom stereocenters. The third-order valence-corrected chi connectivity index (χ3v) is 3.12. The predicted molar refractivity (Wildman–Crippen MR) is 76.6 cm³/mol. The first kappa shape index (κ1) is 14.2. The van der Waals surface area contributed by atoms with Crippen LogP contribution in [-0.2, 0) is 0 Å². The second-order valence-electron chi connectivity index (χ2n) is 4.32. The van der Waals surface area contributed by atoms with E-state index >= 15 is 0 Å². The van der Waals surface area contributed by atoms with Crippen molar-refractivity contribution in [3.8, 4) is 17.2 Å². The van der Waals surface area contributed by atoms with Gasteiger partial charge >= 0.3 is 0 Å². The lowest BCUT2D eigenvalue weighted by Gasteiger charge is -2.14. The highest BCUT2D eigenvalue weighted by molar-refractivity contribution is 5.42. The highest BCUT2D eigenvalue weighted by atomic mass is 16.5. The van der Waals surface area contributed by atoms with Crippen molar-refractivity contribution in [3.63, 3.8) is 0 Å². The van der Waals surface area contributed by atoms with E-state index in [2.05, 4.69) is 0 Å². The van der Waals surface area contributed by atoms with E-state index in [4.69, 9.17) is 14.2 Å². The highest BCUT2D eigenvalue weighted by Crippen LogP contribution is 2.30. The molecule has 0 saturated carbocycles. The first-order chi connectivity index (χ1) is 9.67. The summed E-state index contributed by atoms with van der Waals surface area (Å²) in [7, 11) is 4.77. The van der Waals surface area contributed by atoms with Crippen LogP contribution < -0.4 is 14.2 Å². The quantitative estimate of drug-likeness (QED) is 0.910. The van der Waals surface area contributed by atoms with E-state index in [1.807, 2.05) is 24.3 Å². The second kappa shape index (κ2) is 6.30. The zero-order valence-corrected chi connectivity index (χ0v) is 11.8. The molecule has 2 rings (SSSR count). The van der Waals surface area contributed by atoms with E-state index in [0.717, 1.165) is 11.3 Å². The summed E-state index contributed by atoms with van der Waals surface area (Å²) in [6.07, 6.45) is -0.745. The Hall–Kier alpha value is -2.20. The molecule has 0 spiro atoms. The van der Waals surface area contributed by atoms with E-state index in [1.165, 1.54) is 0 Å². The molecule has 0 amide bonds. The van der Waals surface area contributed by atoms with Gasteiger partial charge in [0.2, 0.25) is 0 Å². The van der Waals surface area contributed by atoms with Gasteiger partial charge in [0.1, 0.15) is 23.4 Å². The fourth-order valence-electron chi connectivity index (χ4n) is 1.97. The lowest BCUT2D eigenvalue weighted by atomic mass is 10.0. The van der Waals surface area contributed by atoms with Crippen LogP contribution in [0.1, 0.15) is 17.2 Å². The van der Waals surface area contributed by atoms with Crippen molar-refractivity contribution < 1.29 is 19.3 Å². The van der Waals surface area contributed by atoms with Gasteiger partial charge in [-0.2, -0.15) is 0 Å². The summed E-state index contributed by atoms with van der Waals surface area (Å²) >= 11 is 0. The zero-order valence-electron chi connectivity index (χ0n) is 11.8. The maximum atomic E-state index is 10.4. The van der Waals surface area contributed by atoms with Crippen molar-refractivity contribution in [2.24, 2.45) is 0 Å². The molecule has 106 valence electrons. The smallest absolute Gasteiger partial charge is 0.122 e. The van der Waals surface area contributed by atoms with Crippen LogP contribution in [0.15, 0.2) is 42.5 Å². The molecule has 2 aromatic carbocycles. The van der Waals surface area contributed by atoms with Gasteiger partial charge in [0.15, 0.2) is 0 Å². The molecule has 2 aromatic rings. The molecule has 0 aliphatic carbocycles. The van der Waals surface area contributed by atoms with Gasteiger partial charge < -0.3 is 19.3 Å². The molecule has 20 heavy (non-hydrogen) atoms. The minimum atomic E-state index is -0.745. The molecule has 0 bridgehead atoms. The number of hydrogen-bond donors (Lipinski definition) is 1. The summed E-state index contributed by atoms with van der Waals surface area (Å²) in [4.78, 5) is 0. The van der Waals surface area contributed by atoms with Crippen LogP contribution in [0.2, 0.25) is 0 Å². The Morgan fingerprint density at radius 3 is 1.65 bits per heavy atom. The standard InChI is InChI=1S/C16H18O4/c1-18-13-6-4-11(5-7-13)16(17)12-8-14(19-2)10-15(9-12)20-3/h4-10,16-17H,1-3H3/t16-/m0/s1. The lowest BCUT2D eigenvalue weighted by Crippen LogP contribution is -2.01. The number of aliphatic hydroxyl groups is 1. The van der Waals surface area contributed by atoms with Crippen molar-refractivity contribution in [3.05, 3.63) is 53.6 Å². The van der Waals surface area contributed by atoms with E-state index in [9.17, 15) is 5.11 Å². The first-order valence-corrected chi connectivity index (χ1v) is 6.23. The topological polar surface area (TPSA) is 47.9 Å². The number of hydrogen-bond acceptors (Lipinski definition) is 4. The Labute approximate surface area is 118 Å². The van der Waals surface area contributed by atoms with Crippen LogP contribution in [-0.4, -0.2) is 26.4 Å². The molecule has 0 heterocycles. The van der Waals surface area contributed by atoms with Crippen molar-refractivity contribution in [2.45, 2.75) is 6.10 Å². The van der Waals surface area contributed by atoms with Crippen molar-refractivity contribution >= 4 is 0 Å². The SMILES string of the molecule is COc1ccc([C@H](O)c2cc(OC)cc(OC)c2)cc1. The largest absolute Gasteiger partial charge is 0.497 e. The average Bonchev–Trinajstić information content (AvgIpc) is 2.53. The molecular weight excluding hydrogens is 256 g/mol. The number of aliphatic hydroxyl groups excluding tert-OH is 1. The van der Waals surface area contributed by atoms with Crippen LogP contribution in [0, 0.1) is 0 Å². The Balaban J connectivity index is 2.33. The zero-order chi connectivity index (χ0) is 14.5. The fourth-order valence-corrected chi connectivity index (χ4v) is 1.97. The first-order valence-electron chi connectivity index (χ1n) is 6.23. The molecule has 0 saturated heterocycles. The van der Waals surface area contributed by atoms with Crippen LogP contribution in [0.3, 0.4) is 0 Å². The molecular formula is C16H18O4. The van der Waals surface area contributed by atoms with Gasteiger partial charge in [0, 0.05) is 6.07 Å². The summed E-state index contributed by atoms with van der Waals surface area (Å²) in [6.45, 7) is 0. The van der Waals surface area contributed by atoms with Gasteiger partial charge in [-0.3, -0.25) is 0 Å². The molecule has 0 radical (unpaired) electrons. The molecule has 0 aliphatic rings. The average molecular weight is 274 g/mol. The lowest BCUT2D eigenvalue weighted by molar-refractivity contribution is 0.219. The summed E-state index contributed by atoms with van der Waals surface area (Å²) in [6, 6.07) is 12.6. The molecule has 0 fully saturated rings. The Morgan fingerprint density at radius 2 is 1.20 bits per heavy atom. The van der Waals surface area contributed by atoms with Crippen LogP contribution in [0.25, 0.3) is 0 Å². The summed E-state index contributed by atoms with van der Waals surface area (Å²) in [5.41, 5.74) is 1.49. The van der Waals surface area contributed by atoms with Crippen molar-refractivity contribution in [1.82, 2.24) is 0 Å². The number of methoxy groups -OCH3 is 3. The van der Waals surface area contributed by atoms with E-state index < -0.39 is 6.10 Å². The van der Waals surface area contributed by atoms with Gasteiger partial charge in [-0.25, -0.2) is 0 Å². The van der Waals surface area contributed by atoms with Gasteiger partial charge in [0.05, 0.1) is 21.3 Å². The van der Waals surface area contributed by atoms with Gasteiger partial charge in [-0.15, -0.1) is 0 Å². The maximum Gasteiger partial charge on any atom is 0.122 e. The van der Waals surface area contributed by atoms with Crippen molar-refractivity contribution in [1.29, 1.82) is 0 Å². The Morgan fingerprint density at radius 1 is 0.700 bits per heavy atom. The molecule has 0 unspecified atom stereocenters. The van der Waals surface area contributed by atoms with Crippen LogP contribution in [0.4, 0.5) is 0 Å². The second-order valence-corrected chi connectivity index (χ2v) is 4.32. The van der Waals surface area contributed by atoms with Gasteiger partial charge in [-0.05, 0) is 35.4 Å². The molecule has 0 aliphatic heterocycles. The minimum absolute atomic E-state index is 0.645.